The zero-order chi connectivity index (χ0) is 16.1. The first-order valence-corrected chi connectivity index (χ1v) is 8.06. The van der Waals surface area contributed by atoms with Gasteiger partial charge in [0.25, 0.3) is 0 Å². The van der Waals surface area contributed by atoms with Crippen LogP contribution in [0.15, 0.2) is 18.2 Å². The molecule has 1 heterocycles. The SMILES string of the molecule is Cc1ccc(C)c(C(=O)CCC(=O)N(C)C2CCNCC2)c1. The number of nitrogens with one attached hydrogen (secondary N) is 1. The number of hydrogen-bond donors (Lipinski definition) is 1. The van der Waals surface area contributed by atoms with E-state index in [1.54, 1.807) is 0 Å². The topological polar surface area (TPSA) is 49.4 Å². The van der Waals surface area contributed by atoms with Gasteiger partial charge in [-0.25, -0.2) is 0 Å². The molecule has 1 aliphatic heterocycles. The minimum absolute atomic E-state index is 0.0632. The molecule has 0 aliphatic carbocycles. The van der Waals surface area contributed by atoms with Gasteiger partial charge < -0.3 is 10.2 Å². The minimum atomic E-state index is 0.0632. The average molecular weight is 302 g/mol. The van der Waals surface area contributed by atoms with Crippen LogP contribution in [-0.2, 0) is 4.79 Å². The van der Waals surface area contributed by atoms with Gasteiger partial charge in [-0.1, -0.05) is 17.7 Å². The van der Waals surface area contributed by atoms with Gasteiger partial charge in [0.2, 0.25) is 5.91 Å². The van der Waals surface area contributed by atoms with E-state index in [2.05, 4.69) is 5.32 Å². The lowest BCUT2D eigenvalue weighted by molar-refractivity contribution is -0.132. The van der Waals surface area contributed by atoms with Gasteiger partial charge in [0.05, 0.1) is 0 Å². The summed E-state index contributed by atoms with van der Waals surface area (Å²) in [6.45, 7) is 5.84. The van der Waals surface area contributed by atoms with E-state index in [0.717, 1.165) is 42.6 Å². The van der Waals surface area contributed by atoms with E-state index >= 15 is 0 Å². The minimum Gasteiger partial charge on any atom is -0.343 e. The van der Waals surface area contributed by atoms with E-state index in [-0.39, 0.29) is 11.7 Å². The number of piperidine rings is 1. The fourth-order valence-electron chi connectivity index (χ4n) is 2.97. The molecule has 1 fully saturated rings. The molecule has 0 atom stereocenters. The van der Waals surface area contributed by atoms with Crippen LogP contribution in [0, 0.1) is 13.8 Å². The van der Waals surface area contributed by atoms with Crippen molar-refractivity contribution in [1.29, 1.82) is 0 Å². The maximum absolute atomic E-state index is 12.3. The Morgan fingerprint density at radius 1 is 1.18 bits per heavy atom. The van der Waals surface area contributed by atoms with Gasteiger partial charge in [-0.05, 0) is 51.4 Å². The molecular formula is C18H26N2O2. The fourth-order valence-corrected chi connectivity index (χ4v) is 2.97. The molecule has 22 heavy (non-hydrogen) atoms. The van der Waals surface area contributed by atoms with Crippen LogP contribution in [0.4, 0.5) is 0 Å². The van der Waals surface area contributed by atoms with Crippen molar-refractivity contribution in [2.75, 3.05) is 20.1 Å². The molecule has 1 saturated heterocycles. The highest BCUT2D eigenvalue weighted by Crippen LogP contribution is 2.16. The van der Waals surface area contributed by atoms with Crippen molar-refractivity contribution < 1.29 is 9.59 Å². The second kappa shape index (κ2) is 7.54. The molecule has 1 aliphatic rings. The number of rotatable bonds is 5. The maximum Gasteiger partial charge on any atom is 0.223 e. The number of carbonyl (C=O) groups is 2. The summed E-state index contributed by atoms with van der Waals surface area (Å²) in [5.41, 5.74) is 2.80. The predicted octanol–water partition coefficient (Wildman–Crippen LogP) is 2.48. The van der Waals surface area contributed by atoms with E-state index in [0.29, 0.717) is 18.9 Å². The van der Waals surface area contributed by atoms with E-state index in [1.165, 1.54) is 0 Å². The standard InChI is InChI=1S/C18H26N2O2/c1-13-4-5-14(2)16(12-13)17(21)6-7-18(22)20(3)15-8-10-19-11-9-15/h4-5,12,15,19H,6-11H2,1-3H3. The largest absolute Gasteiger partial charge is 0.343 e. The van der Waals surface area contributed by atoms with Gasteiger partial charge in [-0.15, -0.1) is 0 Å². The van der Waals surface area contributed by atoms with Crippen LogP contribution in [0.5, 0.6) is 0 Å². The van der Waals surface area contributed by atoms with Crippen molar-refractivity contribution in [2.45, 2.75) is 45.6 Å². The zero-order valence-electron chi connectivity index (χ0n) is 13.8. The molecule has 1 aromatic rings. The molecule has 4 nitrogen and oxygen atoms in total. The second-order valence-electron chi connectivity index (χ2n) is 6.23. The van der Waals surface area contributed by atoms with Crippen LogP contribution in [0.3, 0.4) is 0 Å². The first kappa shape index (κ1) is 16.7. The van der Waals surface area contributed by atoms with Crippen LogP contribution < -0.4 is 5.32 Å². The molecule has 0 bridgehead atoms. The first-order valence-electron chi connectivity index (χ1n) is 8.06. The molecule has 1 amide bonds. The van der Waals surface area contributed by atoms with E-state index in [9.17, 15) is 9.59 Å². The molecule has 2 rings (SSSR count). The Balaban J connectivity index is 1.90. The highest BCUT2D eigenvalue weighted by atomic mass is 16.2. The molecule has 0 radical (unpaired) electrons. The van der Waals surface area contributed by atoms with Crippen molar-refractivity contribution >= 4 is 11.7 Å². The molecular weight excluding hydrogens is 276 g/mol. The third-order valence-corrected chi connectivity index (χ3v) is 4.51. The molecule has 120 valence electrons. The van der Waals surface area contributed by atoms with Gasteiger partial charge in [0.15, 0.2) is 5.78 Å². The number of aryl methyl sites for hydroxylation is 2. The van der Waals surface area contributed by atoms with E-state index in [4.69, 9.17) is 0 Å². The van der Waals surface area contributed by atoms with Gasteiger partial charge >= 0.3 is 0 Å². The summed E-state index contributed by atoms with van der Waals surface area (Å²) in [4.78, 5) is 26.5. The zero-order valence-corrected chi connectivity index (χ0v) is 13.8. The molecule has 1 aromatic carbocycles. The summed E-state index contributed by atoms with van der Waals surface area (Å²) < 4.78 is 0. The van der Waals surface area contributed by atoms with E-state index in [1.807, 2.05) is 44.0 Å². The van der Waals surface area contributed by atoms with E-state index < -0.39 is 0 Å². The summed E-state index contributed by atoms with van der Waals surface area (Å²) in [5.74, 6) is 0.138. The number of hydrogen-bond acceptors (Lipinski definition) is 3. The van der Waals surface area contributed by atoms with Crippen molar-refractivity contribution in [3.63, 3.8) is 0 Å². The number of nitrogens with zero attached hydrogens (tertiary/aromatic N) is 1. The summed E-state index contributed by atoms with van der Waals surface area (Å²) in [7, 11) is 1.86. The number of amides is 1. The highest BCUT2D eigenvalue weighted by molar-refractivity contribution is 5.99. The Labute approximate surface area is 132 Å². The number of Topliss-reactive ketones (excluding diaryl/α,β-unsaturated/α-hetero) is 1. The average Bonchev–Trinajstić information content (AvgIpc) is 2.54. The summed E-state index contributed by atoms with van der Waals surface area (Å²) in [5, 5.41) is 3.30. The third kappa shape index (κ3) is 4.17. The van der Waals surface area contributed by atoms with Gasteiger partial charge in [-0.2, -0.15) is 0 Å². The van der Waals surface area contributed by atoms with Crippen LogP contribution in [0.25, 0.3) is 0 Å². The second-order valence-corrected chi connectivity index (χ2v) is 6.23. The van der Waals surface area contributed by atoms with Crippen LogP contribution in [0.1, 0.15) is 47.2 Å². The lowest BCUT2D eigenvalue weighted by atomic mass is 9.98. The Hall–Kier alpha value is -1.68. The van der Waals surface area contributed by atoms with Crippen molar-refractivity contribution in [3.05, 3.63) is 34.9 Å². The normalized spacial score (nSPS) is 15.6. The summed E-state index contributed by atoms with van der Waals surface area (Å²) in [6.07, 6.45) is 2.57. The van der Waals surface area contributed by atoms with Crippen molar-refractivity contribution in [2.24, 2.45) is 0 Å². The lowest BCUT2D eigenvalue weighted by Gasteiger charge is -2.31. The highest BCUT2D eigenvalue weighted by Gasteiger charge is 2.22. The van der Waals surface area contributed by atoms with Crippen LogP contribution >= 0.6 is 0 Å². The van der Waals surface area contributed by atoms with Crippen LogP contribution in [-0.4, -0.2) is 42.8 Å². The molecule has 0 spiro atoms. The third-order valence-electron chi connectivity index (χ3n) is 4.51. The Morgan fingerprint density at radius 2 is 1.86 bits per heavy atom. The fraction of sp³-hybridized carbons (Fsp3) is 0.556. The molecule has 4 heteroatoms. The van der Waals surface area contributed by atoms with Gasteiger partial charge in [-0.3, -0.25) is 9.59 Å². The van der Waals surface area contributed by atoms with Crippen LogP contribution in [0.2, 0.25) is 0 Å². The molecule has 1 N–H and O–H groups in total. The maximum atomic E-state index is 12.3. The number of carbonyl (C=O) groups excluding carboxylic acids is 2. The smallest absolute Gasteiger partial charge is 0.223 e. The Kier molecular flexibility index (Phi) is 5.72. The molecule has 0 unspecified atom stereocenters. The predicted molar refractivity (Wildman–Crippen MR) is 88.1 cm³/mol. The van der Waals surface area contributed by atoms with Gasteiger partial charge in [0.1, 0.15) is 0 Å². The summed E-state index contributed by atoms with van der Waals surface area (Å²) in [6, 6.07) is 6.19. The molecule has 0 aromatic heterocycles. The Morgan fingerprint density at radius 3 is 2.55 bits per heavy atom. The quantitative estimate of drug-likeness (QED) is 0.850. The Bertz CT molecular complexity index is 548. The number of ketones is 1. The lowest BCUT2D eigenvalue weighted by Crippen LogP contribution is -2.44. The van der Waals surface area contributed by atoms with Gasteiger partial charge in [0, 0.05) is 31.5 Å². The first-order chi connectivity index (χ1) is 10.5. The van der Waals surface area contributed by atoms with Crippen molar-refractivity contribution in [1.82, 2.24) is 10.2 Å². The number of benzene rings is 1. The summed E-state index contributed by atoms with van der Waals surface area (Å²) >= 11 is 0. The monoisotopic (exact) mass is 302 g/mol. The molecule has 0 saturated carbocycles. The van der Waals surface area contributed by atoms with Crippen molar-refractivity contribution in [3.8, 4) is 0 Å².